The molecule has 0 aliphatic rings. The number of hydrazine groups is 1. The number of carbonyl (C=O) groups excluding carboxylic acids is 2. The van der Waals surface area contributed by atoms with Crippen LogP contribution >= 0.6 is 0 Å². The van der Waals surface area contributed by atoms with Gasteiger partial charge >= 0.3 is 6.03 Å². The minimum absolute atomic E-state index is 0.184. The Kier molecular flexibility index (Phi) is 11.3. The lowest BCUT2D eigenvalue weighted by Crippen LogP contribution is -2.44. The van der Waals surface area contributed by atoms with Gasteiger partial charge in [0.2, 0.25) is 5.91 Å². The van der Waals surface area contributed by atoms with Crippen LogP contribution in [0.1, 0.15) is 71.1 Å². The third-order valence-corrected chi connectivity index (χ3v) is 2.83. The Bertz CT molecular complexity index is 232. The maximum atomic E-state index is 11.2. The van der Waals surface area contributed by atoms with Crippen LogP contribution in [-0.2, 0) is 4.79 Å². The summed E-state index contributed by atoms with van der Waals surface area (Å²) in [4.78, 5) is 21.5. The van der Waals surface area contributed by atoms with Crippen molar-refractivity contribution in [3.05, 3.63) is 0 Å². The van der Waals surface area contributed by atoms with Crippen LogP contribution in [-0.4, -0.2) is 11.9 Å². The average Bonchev–Trinajstić information content (AvgIpc) is 2.34. The molecule has 4 N–H and O–H groups in total. The zero-order chi connectivity index (χ0) is 13.6. The van der Waals surface area contributed by atoms with Crippen LogP contribution in [0, 0.1) is 0 Å². The lowest BCUT2D eigenvalue weighted by Gasteiger charge is -2.04. The van der Waals surface area contributed by atoms with Crippen molar-refractivity contribution >= 4 is 11.9 Å². The second kappa shape index (κ2) is 12.2. The number of carbonyl (C=O) groups is 2. The molecule has 0 aliphatic carbocycles. The highest BCUT2D eigenvalue weighted by Crippen LogP contribution is 2.10. The molecule has 0 atom stereocenters. The van der Waals surface area contributed by atoms with Crippen molar-refractivity contribution in [3.8, 4) is 0 Å². The second-order valence-electron chi connectivity index (χ2n) is 4.62. The number of nitrogens with two attached hydrogens (primary N) is 1. The van der Waals surface area contributed by atoms with Gasteiger partial charge in [-0.3, -0.25) is 10.2 Å². The number of nitrogens with one attached hydrogen (secondary N) is 2. The Morgan fingerprint density at radius 1 is 0.833 bits per heavy atom. The van der Waals surface area contributed by atoms with Crippen molar-refractivity contribution in [1.82, 2.24) is 10.9 Å². The summed E-state index contributed by atoms with van der Waals surface area (Å²) in [5.41, 5.74) is 9.13. The number of unbranched alkanes of at least 4 members (excludes halogenated alkanes) is 8. The van der Waals surface area contributed by atoms with Gasteiger partial charge in [0.25, 0.3) is 0 Å². The van der Waals surface area contributed by atoms with Gasteiger partial charge in [-0.1, -0.05) is 58.3 Å². The fraction of sp³-hybridized carbons (Fsp3) is 0.846. The molecule has 0 aromatic rings. The molecule has 18 heavy (non-hydrogen) atoms. The molecule has 106 valence electrons. The van der Waals surface area contributed by atoms with E-state index in [1.54, 1.807) is 0 Å². The van der Waals surface area contributed by atoms with Crippen LogP contribution in [0.4, 0.5) is 4.79 Å². The SMILES string of the molecule is CCCCCCCCCCCC(=O)NNC(N)=O. The predicted octanol–water partition coefficient (Wildman–Crippen LogP) is 2.61. The minimum atomic E-state index is -0.740. The number of rotatable bonds is 10. The van der Waals surface area contributed by atoms with Gasteiger partial charge in [0.1, 0.15) is 0 Å². The normalized spacial score (nSPS) is 10.1. The predicted molar refractivity (Wildman–Crippen MR) is 72.7 cm³/mol. The largest absolute Gasteiger partial charge is 0.350 e. The minimum Gasteiger partial charge on any atom is -0.350 e. The van der Waals surface area contributed by atoms with E-state index >= 15 is 0 Å². The summed E-state index contributed by atoms with van der Waals surface area (Å²) in [7, 11) is 0. The molecular weight excluding hydrogens is 230 g/mol. The zero-order valence-corrected chi connectivity index (χ0v) is 11.5. The molecule has 5 nitrogen and oxygen atoms in total. The van der Waals surface area contributed by atoms with E-state index in [0.29, 0.717) is 6.42 Å². The number of primary amides is 1. The summed E-state index contributed by atoms with van der Waals surface area (Å²) in [5.74, 6) is -0.184. The van der Waals surface area contributed by atoms with Crippen molar-refractivity contribution in [2.45, 2.75) is 71.1 Å². The summed E-state index contributed by atoms with van der Waals surface area (Å²) in [5, 5.41) is 0. The van der Waals surface area contributed by atoms with E-state index in [9.17, 15) is 9.59 Å². The van der Waals surface area contributed by atoms with Gasteiger partial charge in [0.05, 0.1) is 0 Å². The Balaban J connectivity index is 3.15. The lowest BCUT2D eigenvalue weighted by atomic mass is 10.1. The van der Waals surface area contributed by atoms with E-state index in [0.717, 1.165) is 12.8 Å². The van der Waals surface area contributed by atoms with Gasteiger partial charge in [-0.15, -0.1) is 0 Å². The van der Waals surface area contributed by atoms with Crippen molar-refractivity contribution in [3.63, 3.8) is 0 Å². The quantitative estimate of drug-likeness (QED) is 0.415. The van der Waals surface area contributed by atoms with E-state index in [1.165, 1.54) is 44.9 Å². The summed E-state index contributed by atoms with van der Waals surface area (Å²) < 4.78 is 0. The van der Waals surface area contributed by atoms with Crippen LogP contribution in [0.25, 0.3) is 0 Å². The smallest absolute Gasteiger partial charge is 0.330 e. The number of amides is 3. The third kappa shape index (κ3) is 12.8. The van der Waals surface area contributed by atoms with Crippen LogP contribution in [0.3, 0.4) is 0 Å². The number of hydrogen-bond acceptors (Lipinski definition) is 2. The van der Waals surface area contributed by atoms with E-state index in [1.807, 2.05) is 0 Å². The maximum absolute atomic E-state index is 11.2. The molecule has 0 bridgehead atoms. The van der Waals surface area contributed by atoms with Crippen molar-refractivity contribution in [2.75, 3.05) is 0 Å². The Labute approximate surface area is 110 Å². The van der Waals surface area contributed by atoms with Gasteiger partial charge in [-0.2, -0.15) is 0 Å². The Morgan fingerprint density at radius 3 is 1.83 bits per heavy atom. The molecule has 3 amide bonds. The maximum Gasteiger partial charge on any atom is 0.330 e. The van der Waals surface area contributed by atoms with E-state index < -0.39 is 6.03 Å². The Hall–Kier alpha value is -1.26. The van der Waals surface area contributed by atoms with Crippen LogP contribution in [0.5, 0.6) is 0 Å². The summed E-state index contributed by atoms with van der Waals surface area (Å²) in [6.07, 6.45) is 11.4. The Morgan fingerprint density at radius 2 is 1.33 bits per heavy atom. The summed E-state index contributed by atoms with van der Waals surface area (Å²) >= 11 is 0. The molecule has 0 radical (unpaired) electrons. The molecule has 0 spiro atoms. The number of urea groups is 1. The van der Waals surface area contributed by atoms with Crippen LogP contribution < -0.4 is 16.6 Å². The van der Waals surface area contributed by atoms with Gasteiger partial charge in [0.15, 0.2) is 0 Å². The van der Waals surface area contributed by atoms with Gasteiger partial charge in [-0.25, -0.2) is 10.2 Å². The molecule has 0 fully saturated rings. The zero-order valence-electron chi connectivity index (χ0n) is 11.5. The monoisotopic (exact) mass is 257 g/mol. The third-order valence-electron chi connectivity index (χ3n) is 2.83. The molecule has 0 saturated carbocycles. The first-order chi connectivity index (χ1) is 8.66. The van der Waals surface area contributed by atoms with Crippen molar-refractivity contribution in [1.29, 1.82) is 0 Å². The lowest BCUT2D eigenvalue weighted by molar-refractivity contribution is -0.121. The van der Waals surface area contributed by atoms with E-state index in [-0.39, 0.29) is 5.91 Å². The van der Waals surface area contributed by atoms with Crippen molar-refractivity contribution < 1.29 is 9.59 Å². The first-order valence-corrected chi connectivity index (χ1v) is 7.01. The van der Waals surface area contributed by atoms with Crippen molar-refractivity contribution in [2.24, 2.45) is 5.73 Å². The highest BCUT2D eigenvalue weighted by Gasteiger charge is 2.01. The van der Waals surface area contributed by atoms with E-state index in [2.05, 4.69) is 17.8 Å². The topological polar surface area (TPSA) is 84.2 Å². The average molecular weight is 257 g/mol. The fourth-order valence-corrected chi connectivity index (χ4v) is 1.79. The number of hydrogen-bond donors (Lipinski definition) is 3. The van der Waals surface area contributed by atoms with E-state index in [4.69, 9.17) is 5.73 Å². The molecule has 5 heteroatoms. The standard InChI is InChI=1S/C13H27N3O2/c1-2-3-4-5-6-7-8-9-10-11-12(17)15-16-13(14)18/h2-11H2,1H3,(H,15,17)(H3,14,16,18). The first kappa shape index (κ1) is 16.7. The molecule has 0 unspecified atom stereocenters. The molecule has 0 rings (SSSR count). The molecule has 0 aliphatic heterocycles. The molecule has 0 aromatic carbocycles. The van der Waals surface area contributed by atoms with Gasteiger partial charge in [0, 0.05) is 6.42 Å². The molecule has 0 saturated heterocycles. The van der Waals surface area contributed by atoms with Gasteiger partial charge in [-0.05, 0) is 6.42 Å². The summed E-state index contributed by atoms with van der Waals surface area (Å²) in [6, 6.07) is -0.740. The van der Waals surface area contributed by atoms with Crippen LogP contribution in [0.15, 0.2) is 0 Å². The first-order valence-electron chi connectivity index (χ1n) is 7.01. The molecule has 0 heterocycles. The highest BCUT2D eigenvalue weighted by atomic mass is 16.2. The van der Waals surface area contributed by atoms with Gasteiger partial charge < -0.3 is 5.73 Å². The molecule has 0 aromatic heterocycles. The van der Waals surface area contributed by atoms with Crippen LogP contribution in [0.2, 0.25) is 0 Å². The molecular formula is C13H27N3O2. The fourth-order valence-electron chi connectivity index (χ4n) is 1.79. The highest BCUT2D eigenvalue weighted by molar-refractivity contribution is 5.80. The second-order valence-corrected chi connectivity index (χ2v) is 4.62. The summed E-state index contributed by atoms with van der Waals surface area (Å²) in [6.45, 7) is 2.22.